The zero-order valence-electron chi connectivity index (χ0n) is 8.51. The van der Waals surface area contributed by atoms with E-state index in [1.54, 1.807) is 0 Å². The molecule has 1 aromatic heterocycles. The molecule has 0 saturated heterocycles. The molecule has 0 fully saturated rings. The van der Waals surface area contributed by atoms with Crippen molar-refractivity contribution in [2.24, 2.45) is 5.73 Å². The van der Waals surface area contributed by atoms with Crippen molar-refractivity contribution in [3.8, 4) is 0 Å². The summed E-state index contributed by atoms with van der Waals surface area (Å²) >= 11 is 0. The zero-order chi connectivity index (χ0) is 11.1. The molecule has 6 heteroatoms. The van der Waals surface area contributed by atoms with E-state index >= 15 is 0 Å². The summed E-state index contributed by atoms with van der Waals surface area (Å²) in [6.45, 7) is 2.00. The Kier molecular flexibility index (Phi) is 4.79. The van der Waals surface area contributed by atoms with Gasteiger partial charge in [-0.25, -0.2) is 4.79 Å². The molecule has 15 heavy (non-hydrogen) atoms. The number of hydrogen-bond acceptors (Lipinski definition) is 4. The predicted octanol–water partition coefficient (Wildman–Crippen LogP) is -1.11. The van der Waals surface area contributed by atoms with Gasteiger partial charge < -0.3 is 16.0 Å². The Morgan fingerprint density at radius 2 is 2.07 bits per heavy atom. The summed E-state index contributed by atoms with van der Waals surface area (Å²) in [7, 11) is 0. The van der Waals surface area contributed by atoms with Crippen molar-refractivity contribution in [1.29, 1.82) is 0 Å². The summed E-state index contributed by atoms with van der Waals surface area (Å²) in [5.41, 5.74) is 5.09. The molecule has 1 heterocycles. The molecular weight excluding hydrogens is 196 g/mol. The van der Waals surface area contributed by atoms with Gasteiger partial charge in [0.2, 0.25) is 0 Å². The molecule has 84 valence electrons. The fourth-order valence-electron chi connectivity index (χ4n) is 1.23. The number of unbranched alkanes of at least 4 members (excludes halogenated alkanes) is 1. The Labute approximate surface area is 86.9 Å². The Bertz CT molecular complexity index is 367. The van der Waals surface area contributed by atoms with Crippen molar-refractivity contribution in [1.82, 2.24) is 15.3 Å². The maximum atomic E-state index is 10.9. The molecule has 0 aliphatic carbocycles. The molecule has 0 bridgehead atoms. The first-order valence-corrected chi connectivity index (χ1v) is 4.95. The molecule has 0 aliphatic heterocycles. The van der Waals surface area contributed by atoms with Crippen LogP contribution in [0.25, 0.3) is 0 Å². The standard InChI is InChI=1S/C9H16N4O2/c10-3-1-2-4-11-6-7-5-8(14)13-9(15)12-7/h5,11H,1-4,6,10H2,(H2,12,13,14,15). The maximum absolute atomic E-state index is 10.9. The number of nitrogens with one attached hydrogen (secondary N) is 3. The van der Waals surface area contributed by atoms with Crippen molar-refractivity contribution < 1.29 is 0 Å². The molecule has 6 nitrogen and oxygen atoms in total. The highest BCUT2D eigenvalue weighted by atomic mass is 16.2. The first kappa shape index (κ1) is 11.7. The van der Waals surface area contributed by atoms with Gasteiger partial charge in [0.1, 0.15) is 0 Å². The van der Waals surface area contributed by atoms with Crippen LogP contribution in [0, 0.1) is 0 Å². The predicted molar refractivity (Wildman–Crippen MR) is 57.7 cm³/mol. The Morgan fingerprint density at radius 1 is 1.27 bits per heavy atom. The molecule has 0 amide bonds. The van der Waals surface area contributed by atoms with E-state index < -0.39 is 5.69 Å². The van der Waals surface area contributed by atoms with Crippen molar-refractivity contribution in [2.45, 2.75) is 19.4 Å². The van der Waals surface area contributed by atoms with Gasteiger partial charge in [-0.15, -0.1) is 0 Å². The average Bonchev–Trinajstić information content (AvgIpc) is 2.16. The molecule has 0 aliphatic rings. The van der Waals surface area contributed by atoms with Gasteiger partial charge in [-0.1, -0.05) is 0 Å². The summed E-state index contributed by atoms with van der Waals surface area (Å²) in [6.07, 6.45) is 1.96. The lowest BCUT2D eigenvalue weighted by molar-refractivity contribution is 0.618. The van der Waals surface area contributed by atoms with Crippen LogP contribution >= 0.6 is 0 Å². The number of nitrogens with two attached hydrogens (primary N) is 1. The van der Waals surface area contributed by atoms with E-state index in [9.17, 15) is 9.59 Å². The van der Waals surface area contributed by atoms with Gasteiger partial charge in [-0.05, 0) is 25.9 Å². The van der Waals surface area contributed by atoms with Gasteiger partial charge in [0.05, 0.1) is 0 Å². The van der Waals surface area contributed by atoms with E-state index in [-0.39, 0.29) is 5.56 Å². The molecule has 0 atom stereocenters. The van der Waals surface area contributed by atoms with Gasteiger partial charge in [0.15, 0.2) is 0 Å². The Morgan fingerprint density at radius 3 is 2.73 bits per heavy atom. The van der Waals surface area contributed by atoms with Crippen molar-refractivity contribution in [2.75, 3.05) is 13.1 Å². The van der Waals surface area contributed by atoms with Crippen LogP contribution in [0.2, 0.25) is 0 Å². The SMILES string of the molecule is NCCCCNCc1cc(=O)[nH]c(=O)[nH]1. The summed E-state index contributed by atoms with van der Waals surface area (Å²) in [6, 6.07) is 1.37. The van der Waals surface area contributed by atoms with Gasteiger partial charge in [-0.2, -0.15) is 0 Å². The van der Waals surface area contributed by atoms with Crippen LogP contribution in [-0.4, -0.2) is 23.1 Å². The minimum Gasteiger partial charge on any atom is -0.330 e. The Balaban J connectivity index is 2.37. The topological polar surface area (TPSA) is 104 Å². The number of H-pyrrole nitrogens is 2. The fourth-order valence-corrected chi connectivity index (χ4v) is 1.23. The van der Waals surface area contributed by atoms with Gasteiger partial charge >= 0.3 is 5.69 Å². The third-order valence-electron chi connectivity index (χ3n) is 1.94. The molecule has 0 aromatic carbocycles. The second kappa shape index (κ2) is 6.15. The van der Waals surface area contributed by atoms with E-state index in [1.807, 2.05) is 0 Å². The van der Waals surface area contributed by atoms with Gasteiger partial charge in [-0.3, -0.25) is 9.78 Å². The van der Waals surface area contributed by atoms with Crippen LogP contribution in [0.15, 0.2) is 15.7 Å². The lowest BCUT2D eigenvalue weighted by atomic mass is 10.3. The van der Waals surface area contributed by atoms with E-state index in [0.29, 0.717) is 18.8 Å². The highest BCUT2D eigenvalue weighted by molar-refractivity contribution is 4.97. The van der Waals surface area contributed by atoms with Crippen LogP contribution in [0.5, 0.6) is 0 Å². The molecule has 5 N–H and O–H groups in total. The average molecular weight is 212 g/mol. The summed E-state index contributed by atoms with van der Waals surface area (Å²) < 4.78 is 0. The van der Waals surface area contributed by atoms with Crippen molar-refractivity contribution in [3.63, 3.8) is 0 Å². The fraction of sp³-hybridized carbons (Fsp3) is 0.556. The number of hydrogen-bond donors (Lipinski definition) is 4. The first-order valence-electron chi connectivity index (χ1n) is 4.95. The number of aromatic nitrogens is 2. The minimum atomic E-state index is -0.471. The van der Waals surface area contributed by atoms with E-state index in [4.69, 9.17) is 5.73 Å². The summed E-state index contributed by atoms with van der Waals surface area (Å²) in [5.74, 6) is 0. The zero-order valence-corrected chi connectivity index (χ0v) is 8.51. The van der Waals surface area contributed by atoms with Crippen LogP contribution < -0.4 is 22.3 Å². The number of rotatable bonds is 6. The molecular formula is C9H16N4O2. The van der Waals surface area contributed by atoms with Gasteiger partial charge in [0, 0.05) is 18.3 Å². The smallest absolute Gasteiger partial charge is 0.325 e. The summed E-state index contributed by atoms with van der Waals surface area (Å²) in [5, 5.41) is 3.11. The molecule has 1 aromatic rings. The molecule has 0 radical (unpaired) electrons. The molecule has 0 spiro atoms. The van der Waals surface area contributed by atoms with E-state index in [2.05, 4.69) is 15.3 Å². The van der Waals surface area contributed by atoms with Crippen LogP contribution in [0.1, 0.15) is 18.5 Å². The Hall–Kier alpha value is -1.40. The third kappa shape index (κ3) is 4.57. The van der Waals surface area contributed by atoms with E-state index in [0.717, 1.165) is 19.4 Å². The second-order valence-electron chi connectivity index (χ2n) is 3.29. The first-order chi connectivity index (χ1) is 7.22. The lowest BCUT2D eigenvalue weighted by Crippen LogP contribution is -2.26. The molecule has 0 saturated carbocycles. The normalized spacial score (nSPS) is 10.5. The van der Waals surface area contributed by atoms with Crippen LogP contribution in [0.3, 0.4) is 0 Å². The largest absolute Gasteiger partial charge is 0.330 e. The van der Waals surface area contributed by atoms with Crippen molar-refractivity contribution in [3.05, 3.63) is 32.6 Å². The lowest BCUT2D eigenvalue weighted by Gasteiger charge is -2.03. The molecule has 1 rings (SSSR count). The van der Waals surface area contributed by atoms with Crippen LogP contribution in [0.4, 0.5) is 0 Å². The van der Waals surface area contributed by atoms with Crippen LogP contribution in [-0.2, 0) is 6.54 Å². The maximum Gasteiger partial charge on any atom is 0.325 e. The third-order valence-corrected chi connectivity index (χ3v) is 1.94. The van der Waals surface area contributed by atoms with Gasteiger partial charge in [0.25, 0.3) is 5.56 Å². The van der Waals surface area contributed by atoms with Crippen molar-refractivity contribution >= 4 is 0 Å². The number of aromatic amines is 2. The highest BCUT2D eigenvalue weighted by Gasteiger charge is 1.95. The monoisotopic (exact) mass is 212 g/mol. The quantitative estimate of drug-likeness (QED) is 0.449. The minimum absolute atomic E-state index is 0.377. The van der Waals surface area contributed by atoms with E-state index in [1.165, 1.54) is 6.07 Å². The highest BCUT2D eigenvalue weighted by Crippen LogP contribution is 1.86. The molecule has 0 unspecified atom stereocenters. The summed E-state index contributed by atoms with van der Waals surface area (Å²) in [4.78, 5) is 26.5. The second-order valence-corrected chi connectivity index (χ2v) is 3.29.